The highest BCUT2D eigenvalue weighted by atomic mass is 35.5. The van der Waals surface area contributed by atoms with Gasteiger partial charge < -0.3 is 4.90 Å². The molecule has 0 saturated carbocycles. The van der Waals surface area contributed by atoms with E-state index in [2.05, 4.69) is 0 Å². The second kappa shape index (κ2) is 5.54. The molecule has 0 unspecified atom stereocenters. The normalized spacial score (nSPS) is 19.6. The molecule has 0 radical (unpaired) electrons. The highest BCUT2D eigenvalue weighted by Gasteiger charge is 2.36. The minimum absolute atomic E-state index is 0.418. The fraction of sp³-hybridized carbons (Fsp3) is 0.467. The minimum Gasteiger partial charge on any atom is -0.333 e. The highest BCUT2D eigenvalue weighted by molar-refractivity contribution is 6.52. The first-order chi connectivity index (χ1) is 9.66. The summed E-state index contributed by atoms with van der Waals surface area (Å²) >= 11 is 5.90. The molecule has 0 bridgehead atoms. The first kappa shape index (κ1) is 13.6. The number of halogens is 1. The Balaban J connectivity index is 1.74. The van der Waals surface area contributed by atoms with Gasteiger partial charge in [0.05, 0.1) is 37.4 Å². The van der Waals surface area contributed by atoms with Crippen LogP contribution in [0.1, 0.15) is 29.6 Å². The zero-order valence-electron chi connectivity index (χ0n) is 11.3. The second-order valence-corrected chi connectivity index (χ2v) is 5.94. The van der Waals surface area contributed by atoms with Crippen molar-refractivity contribution in [3.63, 3.8) is 0 Å². The summed E-state index contributed by atoms with van der Waals surface area (Å²) in [6.07, 6.45) is 3.83. The van der Waals surface area contributed by atoms with Gasteiger partial charge in [0.25, 0.3) is 11.7 Å². The Morgan fingerprint density at radius 2 is 1.90 bits per heavy atom. The molecule has 3 rings (SSSR count). The molecule has 0 aromatic heterocycles. The van der Waals surface area contributed by atoms with E-state index in [-0.39, 0.29) is 0 Å². The van der Waals surface area contributed by atoms with Gasteiger partial charge in [0, 0.05) is 5.02 Å². The van der Waals surface area contributed by atoms with Crippen LogP contribution in [0, 0.1) is 0 Å². The Morgan fingerprint density at radius 1 is 1.15 bits per heavy atom. The Hall–Kier alpha value is -1.39. The molecule has 0 aliphatic carbocycles. The maximum atomic E-state index is 12.1. The lowest BCUT2D eigenvalue weighted by Gasteiger charge is -2.25. The van der Waals surface area contributed by atoms with Crippen molar-refractivity contribution in [2.45, 2.75) is 19.3 Å². The predicted octanol–water partition coefficient (Wildman–Crippen LogP) is 0.938. The molecule has 2 heterocycles. The number of ketones is 1. The molecule has 20 heavy (non-hydrogen) atoms. The number of hydrogen-bond acceptors (Lipinski definition) is 2. The Morgan fingerprint density at radius 3 is 2.65 bits per heavy atom. The van der Waals surface area contributed by atoms with E-state index in [1.807, 2.05) is 0 Å². The Bertz CT molecular complexity index is 553. The van der Waals surface area contributed by atoms with E-state index in [1.54, 1.807) is 23.1 Å². The third kappa shape index (κ3) is 2.45. The molecule has 5 heteroatoms. The molecule has 0 atom stereocenters. The third-order valence-electron chi connectivity index (χ3n) is 4.18. The van der Waals surface area contributed by atoms with Gasteiger partial charge in [0.1, 0.15) is 0 Å². The van der Waals surface area contributed by atoms with Crippen molar-refractivity contribution in [3.05, 3.63) is 28.8 Å². The van der Waals surface area contributed by atoms with Crippen molar-refractivity contribution >= 4 is 29.0 Å². The lowest BCUT2D eigenvalue weighted by Crippen LogP contribution is -3.13. The van der Waals surface area contributed by atoms with Crippen LogP contribution in [0.2, 0.25) is 5.02 Å². The van der Waals surface area contributed by atoms with E-state index in [1.165, 1.54) is 37.3 Å². The van der Waals surface area contributed by atoms with Crippen LogP contribution in [-0.2, 0) is 4.79 Å². The van der Waals surface area contributed by atoms with E-state index in [9.17, 15) is 9.59 Å². The van der Waals surface area contributed by atoms with Crippen molar-refractivity contribution in [3.8, 4) is 0 Å². The summed E-state index contributed by atoms with van der Waals surface area (Å²) in [4.78, 5) is 27.2. The van der Waals surface area contributed by atoms with Crippen LogP contribution in [0.25, 0.3) is 0 Å². The SMILES string of the molecule is O=C1C(=O)N(CC[NH+]2CCCCC2)c2ccc(Cl)cc21. The van der Waals surface area contributed by atoms with Gasteiger partial charge in [-0.2, -0.15) is 0 Å². The van der Waals surface area contributed by atoms with E-state index in [0.29, 0.717) is 22.8 Å². The van der Waals surface area contributed by atoms with Crippen LogP contribution in [-0.4, -0.2) is 37.9 Å². The average Bonchev–Trinajstić information content (AvgIpc) is 2.70. The first-order valence-electron chi connectivity index (χ1n) is 7.16. The molecule has 1 aromatic rings. The number of nitrogens with one attached hydrogen (secondary N) is 1. The number of carbonyl (C=O) groups is 2. The molecule has 1 saturated heterocycles. The van der Waals surface area contributed by atoms with Crippen LogP contribution < -0.4 is 9.80 Å². The van der Waals surface area contributed by atoms with Crippen molar-refractivity contribution in [2.75, 3.05) is 31.1 Å². The zero-order valence-corrected chi connectivity index (χ0v) is 12.1. The number of Topliss-reactive ketones (excluding diaryl/α,β-unsaturated/α-hetero) is 1. The van der Waals surface area contributed by atoms with Crippen LogP contribution in [0.15, 0.2) is 18.2 Å². The van der Waals surface area contributed by atoms with Gasteiger partial charge in [-0.15, -0.1) is 0 Å². The molecular formula is C15H18ClN2O2+. The molecule has 1 fully saturated rings. The molecule has 2 aliphatic rings. The van der Waals surface area contributed by atoms with Gasteiger partial charge in [-0.25, -0.2) is 0 Å². The van der Waals surface area contributed by atoms with Crippen molar-refractivity contribution in [2.24, 2.45) is 0 Å². The van der Waals surface area contributed by atoms with Gasteiger partial charge in [0.15, 0.2) is 0 Å². The number of fused-ring (bicyclic) bond motifs is 1. The summed E-state index contributed by atoms with van der Waals surface area (Å²) in [5.41, 5.74) is 1.15. The van der Waals surface area contributed by atoms with Crippen molar-refractivity contribution in [1.29, 1.82) is 0 Å². The number of nitrogens with zero attached hydrogens (tertiary/aromatic N) is 1. The summed E-state index contributed by atoms with van der Waals surface area (Å²) in [6.45, 7) is 3.85. The number of quaternary nitrogens is 1. The molecule has 106 valence electrons. The highest BCUT2D eigenvalue weighted by Crippen LogP contribution is 2.30. The molecule has 4 nitrogen and oxygen atoms in total. The number of carbonyl (C=O) groups excluding carboxylic acids is 2. The molecule has 0 spiro atoms. The van der Waals surface area contributed by atoms with E-state index in [4.69, 9.17) is 11.6 Å². The predicted molar refractivity (Wildman–Crippen MR) is 77.6 cm³/mol. The fourth-order valence-corrected chi connectivity index (χ4v) is 3.24. The minimum atomic E-state index is -0.434. The quantitative estimate of drug-likeness (QED) is 0.843. The van der Waals surface area contributed by atoms with Gasteiger partial charge in [-0.05, 0) is 37.5 Å². The molecule has 1 N–H and O–H groups in total. The van der Waals surface area contributed by atoms with Gasteiger partial charge in [0.2, 0.25) is 0 Å². The number of piperidine rings is 1. The molecule has 1 aromatic carbocycles. The first-order valence-corrected chi connectivity index (χ1v) is 7.54. The zero-order chi connectivity index (χ0) is 14.1. The van der Waals surface area contributed by atoms with E-state index >= 15 is 0 Å². The van der Waals surface area contributed by atoms with Crippen LogP contribution in [0.3, 0.4) is 0 Å². The maximum absolute atomic E-state index is 12.1. The number of amides is 1. The maximum Gasteiger partial charge on any atom is 0.299 e. The van der Waals surface area contributed by atoms with Crippen LogP contribution in [0.4, 0.5) is 5.69 Å². The van der Waals surface area contributed by atoms with Crippen molar-refractivity contribution in [1.82, 2.24) is 0 Å². The number of anilines is 1. The third-order valence-corrected chi connectivity index (χ3v) is 4.42. The molecule has 1 amide bonds. The summed E-state index contributed by atoms with van der Waals surface area (Å²) in [7, 11) is 0. The number of likely N-dealkylation sites (tertiary alicyclic amines) is 1. The fourth-order valence-electron chi connectivity index (χ4n) is 3.07. The molecule has 2 aliphatic heterocycles. The number of rotatable bonds is 3. The summed E-state index contributed by atoms with van der Waals surface area (Å²) < 4.78 is 0. The van der Waals surface area contributed by atoms with Crippen molar-refractivity contribution < 1.29 is 14.5 Å². The number of benzene rings is 1. The topological polar surface area (TPSA) is 41.8 Å². The van der Waals surface area contributed by atoms with Gasteiger partial charge in [-0.3, -0.25) is 14.5 Å². The summed E-state index contributed by atoms with van der Waals surface area (Å²) in [6, 6.07) is 5.09. The monoisotopic (exact) mass is 293 g/mol. The Labute approximate surface area is 123 Å². The molecular weight excluding hydrogens is 276 g/mol. The summed E-state index contributed by atoms with van der Waals surface area (Å²) in [5.74, 6) is -0.852. The van der Waals surface area contributed by atoms with Gasteiger partial charge in [-0.1, -0.05) is 11.6 Å². The largest absolute Gasteiger partial charge is 0.333 e. The number of hydrogen-bond donors (Lipinski definition) is 1. The smallest absolute Gasteiger partial charge is 0.299 e. The van der Waals surface area contributed by atoms with Crippen LogP contribution in [0.5, 0.6) is 0 Å². The van der Waals surface area contributed by atoms with Gasteiger partial charge >= 0.3 is 0 Å². The summed E-state index contributed by atoms with van der Waals surface area (Å²) in [5, 5.41) is 0.494. The lowest BCUT2D eigenvalue weighted by atomic mass is 10.1. The lowest BCUT2D eigenvalue weighted by molar-refractivity contribution is -0.903. The average molecular weight is 294 g/mol. The van der Waals surface area contributed by atoms with Crippen LogP contribution >= 0.6 is 11.6 Å². The standard InChI is InChI=1S/C15H17ClN2O2/c16-11-4-5-13-12(10-11)14(19)15(20)18(13)9-8-17-6-2-1-3-7-17/h4-5,10H,1-3,6-9H2/p+1. The van der Waals surface area contributed by atoms with E-state index in [0.717, 1.165) is 6.54 Å². The van der Waals surface area contributed by atoms with E-state index < -0.39 is 11.7 Å². The Kier molecular flexibility index (Phi) is 3.76. The second-order valence-electron chi connectivity index (χ2n) is 5.51.